The molecule has 4 rings (SSSR count). The largest absolute Gasteiger partial charge is 0.493 e. The number of rotatable bonds is 7. The van der Waals surface area contributed by atoms with Gasteiger partial charge in [-0.15, -0.1) is 0 Å². The molecule has 2 N–H and O–H groups in total. The van der Waals surface area contributed by atoms with E-state index in [1.54, 1.807) is 23.1 Å². The van der Waals surface area contributed by atoms with Gasteiger partial charge in [0.15, 0.2) is 11.5 Å². The van der Waals surface area contributed by atoms with Crippen molar-refractivity contribution in [2.45, 2.75) is 61.9 Å². The number of primary sulfonamides is 1. The van der Waals surface area contributed by atoms with Crippen LogP contribution in [0.25, 0.3) is 0 Å². The standard InChI is InChI=1S/C26H31N3O7S/c1-35-22-14-9-17(15-23(22)36-2)25(31)28(18-7-5-3-4-6-8-18)21-16-24(30)29(26(21)32)19-10-12-20(13-11-19)37(27,33)34/h9-15,18,21H,3-8,16H2,1-2H3,(H2,27,33,34). The van der Waals surface area contributed by atoms with E-state index in [2.05, 4.69) is 0 Å². The van der Waals surface area contributed by atoms with E-state index >= 15 is 0 Å². The van der Waals surface area contributed by atoms with E-state index in [-0.39, 0.29) is 29.0 Å². The van der Waals surface area contributed by atoms with E-state index in [9.17, 15) is 22.8 Å². The molecule has 1 heterocycles. The SMILES string of the molecule is COc1ccc(C(=O)N(C2CCCCCC2)C2CC(=O)N(c3ccc(S(N)(=O)=O)cc3)C2=O)cc1OC. The molecular formula is C26H31N3O7S. The van der Waals surface area contributed by atoms with Crippen LogP contribution in [0, 0.1) is 0 Å². The number of carbonyl (C=O) groups is 3. The monoisotopic (exact) mass is 529 g/mol. The number of sulfonamides is 1. The number of anilines is 1. The Balaban J connectivity index is 1.69. The summed E-state index contributed by atoms with van der Waals surface area (Å²) in [5.74, 6) is -0.477. The fraction of sp³-hybridized carbons (Fsp3) is 0.423. The van der Waals surface area contributed by atoms with Gasteiger partial charge in [-0.1, -0.05) is 25.7 Å². The van der Waals surface area contributed by atoms with Gasteiger partial charge >= 0.3 is 0 Å². The molecule has 1 aliphatic heterocycles. The molecule has 0 bridgehead atoms. The van der Waals surface area contributed by atoms with Crippen LogP contribution >= 0.6 is 0 Å². The first-order chi connectivity index (χ1) is 17.7. The number of methoxy groups -OCH3 is 2. The third-order valence-corrected chi connectivity index (χ3v) is 7.89. The predicted octanol–water partition coefficient (Wildman–Crippen LogP) is 2.85. The van der Waals surface area contributed by atoms with Crippen molar-refractivity contribution in [3.05, 3.63) is 48.0 Å². The van der Waals surface area contributed by atoms with Gasteiger partial charge in [0.05, 0.1) is 31.2 Å². The number of imide groups is 1. The third kappa shape index (κ3) is 5.47. The van der Waals surface area contributed by atoms with Gasteiger partial charge in [-0.25, -0.2) is 18.5 Å². The minimum absolute atomic E-state index is 0.129. The molecular weight excluding hydrogens is 498 g/mol. The molecule has 11 heteroatoms. The Labute approximate surface area is 216 Å². The molecule has 0 aromatic heterocycles. The van der Waals surface area contributed by atoms with Gasteiger partial charge in [-0.3, -0.25) is 14.4 Å². The number of nitrogens with two attached hydrogens (primary N) is 1. The smallest absolute Gasteiger partial charge is 0.257 e. The Bertz CT molecular complexity index is 1290. The molecule has 10 nitrogen and oxygen atoms in total. The summed E-state index contributed by atoms with van der Waals surface area (Å²) in [6.07, 6.45) is 5.26. The van der Waals surface area contributed by atoms with Gasteiger partial charge in [0.25, 0.3) is 11.8 Å². The quantitative estimate of drug-likeness (QED) is 0.430. The second kappa shape index (κ2) is 10.9. The molecule has 2 aromatic rings. The minimum atomic E-state index is -3.93. The lowest BCUT2D eigenvalue weighted by atomic mass is 10.0. The molecule has 2 aromatic carbocycles. The second-order valence-electron chi connectivity index (χ2n) is 9.25. The number of benzene rings is 2. The van der Waals surface area contributed by atoms with Gasteiger partial charge in [-0.2, -0.15) is 0 Å². The van der Waals surface area contributed by atoms with E-state index in [4.69, 9.17) is 14.6 Å². The Kier molecular flexibility index (Phi) is 7.84. The van der Waals surface area contributed by atoms with Crippen LogP contribution in [0.5, 0.6) is 11.5 Å². The molecule has 1 unspecified atom stereocenters. The molecule has 1 atom stereocenters. The lowest BCUT2D eigenvalue weighted by molar-refractivity contribution is -0.123. The van der Waals surface area contributed by atoms with Crippen molar-refractivity contribution in [3.8, 4) is 11.5 Å². The maximum atomic E-state index is 13.9. The number of amides is 3. The average Bonchev–Trinajstić information content (AvgIpc) is 3.04. The van der Waals surface area contributed by atoms with Gasteiger partial charge in [0, 0.05) is 11.6 Å². The number of nitrogens with zero attached hydrogens (tertiary/aromatic N) is 2. The fourth-order valence-electron chi connectivity index (χ4n) is 5.11. The highest BCUT2D eigenvalue weighted by molar-refractivity contribution is 7.89. The molecule has 2 aliphatic rings. The van der Waals surface area contributed by atoms with Crippen LogP contribution < -0.4 is 19.5 Å². The van der Waals surface area contributed by atoms with E-state index < -0.39 is 27.9 Å². The van der Waals surface area contributed by atoms with Crippen LogP contribution in [0.2, 0.25) is 0 Å². The van der Waals surface area contributed by atoms with Gasteiger partial charge in [0.1, 0.15) is 6.04 Å². The van der Waals surface area contributed by atoms with Crippen molar-refractivity contribution in [1.29, 1.82) is 0 Å². The van der Waals surface area contributed by atoms with Crippen molar-refractivity contribution < 1.29 is 32.3 Å². The zero-order valence-electron chi connectivity index (χ0n) is 20.9. The summed E-state index contributed by atoms with van der Waals surface area (Å²) in [4.78, 5) is 43.1. The molecule has 198 valence electrons. The van der Waals surface area contributed by atoms with Crippen LogP contribution in [0.3, 0.4) is 0 Å². The first-order valence-electron chi connectivity index (χ1n) is 12.2. The second-order valence-corrected chi connectivity index (χ2v) is 10.8. The normalized spacial score (nSPS) is 19.0. The molecule has 1 aliphatic carbocycles. The predicted molar refractivity (Wildman–Crippen MR) is 136 cm³/mol. The summed E-state index contributed by atoms with van der Waals surface area (Å²) in [5, 5.41) is 5.16. The van der Waals surface area contributed by atoms with Crippen molar-refractivity contribution in [2.75, 3.05) is 19.1 Å². The van der Waals surface area contributed by atoms with E-state index in [0.29, 0.717) is 17.1 Å². The summed E-state index contributed by atoms with van der Waals surface area (Å²) in [5.41, 5.74) is 0.558. The Hall–Kier alpha value is -3.44. The Morgan fingerprint density at radius 1 is 0.946 bits per heavy atom. The number of hydrogen-bond acceptors (Lipinski definition) is 7. The summed E-state index contributed by atoms with van der Waals surface area (Å²) in [6, 6.07) is 8.89. The fourth-order valence-corrected chi connectivity index (χ4v) is 5.62. The summed E-state index contributed by atoms with van der Waals surface area (Å²) >= 11 is 0. The summed E-state index contributed by atoms with van der Waals surface area (Å²) < 4.78 is 33.9. The molecule has 37 heavy (non-hydrogen) atoms. The molecule has 0 spiro atoms. The molecule has 1 saturated carbocycles. The van der Waals surface area contributed by atoms with Crippen molar-refractivity contribution >= 4 is 33.4 Å². The van der Waals surface area contributed by atoms with E-state index in [0.717, 1.165) is 43.4 Å². The van der Waals surface area contributed by atoms with Crippen molar-refractivity contribution in [3.63, 3.8) is 0 Å². The maximum absolute atomic E-state index is 13.9. The maximum Gasteiger partial charge on any atom is 0.257 e. The van der Waals surface area contributed by atoms with E-state index in [1.807, 2.05) is 0 Å². The first kappa shape index (κ1) is 26.6. The zero-order chi connectivity index (χ0) is 26.7. The molecule has 2 fully saturated rings. The van der Waals surface area contributed by atoms with Crippen LogP contribution in [0.4, 0.5) is 5.69 Å². The Morgan fingerprint density at radius 3 is 2.14 bits per heavy atom. The Morgan fingerprint density at radius 2 is 1.57 bits per heavy atom. The number of hydrogen-bond donors (Lipinski definition) is 1. The highest BCUT2D eigenvalue weighted by Crippen LogP contribution is 2.34. The lowest BCUT2D eigenvalue weighted by Crippen LogP contribution is -2.50. The summed E-state index contributed by atoms with van der Waals surface area (Å²) in [7, 11) is -0.942. The third-order valence-electron chi connectivity index (χ3n) is 6.97. The highest BCUT2D eigenvalue weighted by Gasteiger charge is 2.46. The summed E-state index contributed by atoms with van der Waals surface area (Å²) in [6.45, 7) is 0. The van der Waals surface area contributed by atoms with Crippen LogP contribution in [0.1, 0.15) is 55.3 Å². The molecule has 3 amide bonds. The van der Waals surface area contributed by atoms with Crippen LogP contribution in [0.15, 0.2) is 47.4 Å². The number of carbonyl (C=O) groups excluding carboxylic acids is 3. The van der Waals surface area contributed by atoms with Gasteiger partial charge in [-0.05, 0) is 55.3 Å². The lowest BCUT2D eigenvalue weighted by Gasteiger charge is -2.35. The van der Waals surface area contributed by atoms with Crippen molar-refractivity contribution in [2.24, 2.45) is 5.14 Å². The highest BCUT2D eigenvalue weighted by atomic mass is 32.2. The van der Waals surface area contributed by atoms with E-state index in [1.165, 1.54) is 38.5 Å². The van der Waals surface area contributed by atoms with Crippen LogP contribution in [-0.4, -0.2) is 57.3 Å². The van der Waals surface area contributed by atoms with Crippen molar-refractivity contribution in [1.82, 2.24) is 4.90 Å². The number of ether oxygens (including phenoxy) is 2. The zero-order valence-corrected chi connectivity index (χ0v) is 21.7. The van der Waals surface area contributed by atoms with Gasteiger partial charge in [0.2, 0.25) is 15.9 Å². The van der Waals surface area contributed by atoms with Crippen LogP contribution in [-0.2, 0) is 19.6 Å². The van der Waals surface area contributed by atoms with Gasteiger partial charge < -0.3 is 14.4 Å². The minimum Gasteiger partial charge on any atom is -0.493 e. The first-order valence-corrected chi connectivity index (χ1v) is 13.7. The molecule has 1 saturated heterocycles. The average molecular weight is 530 g/mol. The topological polar surface area (TPSA) is 136 Å². The molecule has 0 radical (unpaired) electrons.